The molecule has 2 aromatic heterocycles. The van der Waals surface area contributed by atoms with Gasteiger partial charge in [0.05, 0.1) is 11.4 Å². The van der Waals surface area contributed by atoms with E-state index < -0.39 is 0 Å². The molecule has 0 aliphatic heterocycles. The second kappa shape index (κ2) is 4.74. The highest BCUT2D eigenvalue weighted by molar-refractivity contribution is 7.14. The summed E-state index contributed by atoms with van der Waals surface area (Å²) in [5, 5.41) is 18.0. The molecule has 2 heterocycles. The summed E-state index contributed by atoms with van der Waals surface area (Å²) in [5.74, 6) is 0.200. The molecule has 98 valence electrons. The predicted molar refractivity (Wildman–Crippen MR) is 72.5 cm³/mol. The lowest BCUT2D eigenvalue weighted by Gasteiger charge is -2.06. The first-order chi connectivity index (χ1) is 9.20. The normalized spacial score (nSPS) is 14.4. The van der Waals surface area contributed by atoms with Crippen LogP contribution in [0.15, 0.2) is 0 Å². The Morgan fingerprint density at radius 1 is 1.32 bits per heavy atom. The summed E-state index contributed by atoms with van der Waals surface area (Å²) in [4.78, 5) is 6.05. The van der Waals surface area contributed by atoms with Crippen LogP contribution in [-0.2, 0) is 12.8 Å². The van der Waals surface area contributed by atoms with Crippen LogP contribution in [0.25, 0.3) is 5.13 Å². The van der Waals surface area contributed by atoms with Gasteiger partial charge in [-0.3, -0.25) is 0 Å². The van der Waals surface area contributed by atoms with Crippen LogP contribution < -0.4 is 0 Å². The van der Waals surface area contributed by atoms with E-state index in [1.807, 2.05) is 13.8 Å². The van der Waals surface area contributed by atoms with Crippen molar-refractivity contribution in [3.63, 3.8) is 0 Å². The van der Waals surface area contributed by atoms with E-state index in [2.05, 4.69) is 21.4 Å². The van der Waals surface area contributed by atoms with Gasteiger partial charge in [-0.2, -0.15) is 9.94 Å². The maximum atomic E-state index is 9.11. The first kappa shape index (κ1) is 12.3. The minimum Gasteiger partial charge on any atom is -0.223 e. The molecule has 0 radical (unpaired) electrons. The highest BCUT2D eigenvalue weighted by atomic mass is 32.1. The number of aryl methyl sites for hydroxylation is 2. The summed E-state index contributed by atoms with van der Waals surface area (Å²) in [6, 6.07) is 2.11. The van der Waals surface area contributed by atoms with Crippen LogP contribution in [0.1, 0.15) is 54.6 Å². The summed E-state index contributed by atoms with van der Waals surface area (Å²) in [6.07, 6.45) is 4.63. The molecule has 0 aromatic carbocycles. The molecule has 1 aliphatic rings. The van der Waals surface area contributed by atoms with E-state index >= 15 is 0 Å². The van der Waals surface area contributed by atoms with Gasteiger partial charge in [-0.25, -0.2) is 4.98 Å². The maximum Gasteiger partial charge on any atom is 0.212 e. The number of hydrogen-bond acceptors (Lipinski definition) is 5. The van der Waals surface area contributed by atoms with Crippen molar-refractivity contribution in [3.05, 3.63) is 22.0 Å². The van der Waals surface area contributed by atoms with Gasteiger partial charge in [-0.15, -0.1) is 5.10 Å². The van der Waals surface area contributed by atoms with Crippen molar-refractivity contribution in [1.29, 1.82) is 5.26 Å². The Balaban J connectivity index is 2.10. The number of fused-ring (bicyclic) bond motifs is 1. The number of nitriles is 1. The van der Waals surface area contributed by atoms with Gasteiger partial charge >= 0.3 is 0 Å². The third-order valence-corrected chi connectivity index (χ3v) is 4.51. The van der Waals surface area contributed by atoms with Crippen molar-refractivity contribution in [2.45, 2.75) is 45.4 Å². The SMILES string of the molecule is CC(C)c1c(C#N)nnn1-c1nc2c(s1)CCCC2. The molecule has 0 fully saturated rings. The van der Waals surface area contributed by atoms with Gasteiger partial charge < -0.3 is 0 Å². The number of aromatic nitrogens is 4. The molecule has 0 bridgehead atoms. The third kappa shape index (κ3) is 2.04. The van der Waals surface area contributed by atoms with Crippen LogP contribution in [0.2, 0.25) is 0 Å². The van der Waals surface area contributed by atoms with E-state index in [0.717, 1.165) is 23.7 Å². The van der Waals surface area contributed by atoms with Gasteiger partial charge in [0.25, 0.3) is 0 Å². The smallest absolute Gasteiger partial charge is 0.212 e. The Morgan fingerprint density at radius 3 is 2.79 bits per heavy atom. The molecular formula is C13H15N5S. The highest BCUT2D eigenvalue weighted by Crippen LogP contribution is 2.30. The number of nitrogens with zero attached hydrogens (tertiary/aromatic N) is 5. The average molecular weight is 273 g/mol. The zero-order valence-electron chi connectivity index (χ0n) is 11.1. The van der Waals surface area contributed by atoms with Gasteiger partial charge in [0.15, 0.2) is 5.69 Å². The molecule has 0 unspecified atom stereocenters. The van der Waals surface area contributed by atoms with E-state index in [0.29, 0.717) is 5.69 Å². The van der Waals surface area contributed by atoms with E-state index in [9.17, 15) is 0 Å². The number of thiazole rings is 1. The highest BCUT2D eigenvalue weighted by Gasteiger charge is 2.22. The van der Waals surface area contributed by atoms with Gasteiger partial charge in [-0.1, -0.05) is 30.4 Å². The molecule has 2 aromatic rings. The lowest BCUT2D eigenvalue weighted by Crippen LogP contribution is -2.05. The van der Waals surface area contributed by atoms with Crippen molar-refractivity contribution in [1.82, 2.24) is 20.0 Å². The van der Waals surface area contributed by atoms with E-state index in [1.165, 1.54) is 23.4 Å². The Kier molecular flexibility index (Phi) is 3.07. The van der Waals surface area contributed by atoms with Crippen molar-refractivity contribution in [3.8, 4) is 11.2 Å². The van der Waals surface area contributed by atoms with Crippen LogP contribution in [0.5, 0.6) is 0 Å². The molecule has 3 rings (SSSR count). The fourth-order valence-corrected chi connectivity index (χ4v) is 3.57. The first-order valence-electron chi connectivity index (χ1n) is 6.55. The lowest BCUT2D eigenvalue weighted by atomic mass is 10.0. The Bertz CT molecular complexity index is 623. The van der Waals surface area contributed by atoms with Crippen molar-refractivity contribution < 1.29 is 0 Å². The topological polar surface area (TPSA) is 67.4 Å². The number of rotatable bonds is 2. The lowest BCUT2D eigenvalue weighted by molar-refractivity contribution is 0.674. The predicted octanol–water partition coefficient (Wildman–Crippen LogP) is 2.60. The minimum atomic E-state index is 0.200. The van der Waals surface area contributed by atoms with Gasteiger partial charge in [0.2, 0.25) is 5.13 Å². The van der Waals surface area contributed by atoms with Crippen LogP contribution in [0.3, 0.4) is 0 Å². The van der Waals surface area contributed by atoms with Crippen molar-refractivity contribution >= 4 is 11.3 Å². The molecule has 0 atom stereocenters. The van der Waals surface area contributed by atoms with Crippen molar-refractivity contribution in [2.75, 3.05) is 0 Å². The van der Waals surface area contributed by atoms with Crippen molar-refractivity contribution in [2.24, 2.45) is 0 Å². The Hall–Kier alpha value is -1.74. The molecule has 0 saturated heterocycles. The van der Waals surface area contributed by atoms with Gasteiger partial charge in [0, 0.05) is 4.88 Å². The fourth-order valence-electron chi connectivity index (χ4n) is 2.46. The van der Waals surface area contributed by atoms with Crippen LogP contribution in [-0.4, -0.2) is 20.0 Å². The third-order valence-electron chi connectivity index (χ3n) is 3.37. The van der Waals surface area contributed by atoms with Gasteiger partial charge in [0.1, 0.15) is 6.07 Å². The summed E-state index contributed by atoms with van der Waals surface area (Å²) >= 11 is 1.68. The fraction of sp³-hybridized carbons (Fsp3) is 0.538. The van der Waals surface area contributed by atoms with E-state index in [1.54, 1.807) is 16.0 Å². The standard InChI is InChI=1S/C13H15N5S/c1-8(2)12-10(7-14)16-17-18(12)13-15-9-5-3-4-6-11(9)19-13/h8H,3-6H2,1-2H3. The molecule has 0 amide bonds. The monoisotopic (exact) mass is 273 g/mol. The second-order valence-corrected chi connectivity index (χ2v) is 6.14. The second-order valence-electron chi connectivity index (χ2n) is 5.08. The Morgan fingerprint density at radius 2 is 2.11 bits per heavy atom. The summed E-state index contributed by atoms with van der Waals surface area (Å²) in [5.41, 5.74) is 2.46. The molecule has 5 nitrogen and oxygen atoms in total. The first-order valence-corrected chi connectivity index (χ1v) is 7.37. The molecule has 0 N–H and O–H groups in total. The molecular weight excluding hydrogens is 258 g/mol. The molecule has 0 saturated carbocycles. The van der Waals surface area contributed by atoms with E-state index in [-0.39, 0.29) is 5.92 Å². The zero-order valence-corrected chi connectivity index (χ0v) is 11.9. The minimum absolute atomic E-state index is 0.200. The maximum absolute atomic E-state index is 9.11. The Labute approximate surface area is 115 Å². The molecule has 6 heteroatoms. The summed E-state index contributed by atoms with van der Waals surface area (Å²) < 4.78 is 1.74. The van der Waals surface area contributed by atoms with E-state index in [4.69, 9.17) is 5.26 Å². The summed E-state index contributed by atoms with van der Waals surface area (Å²) in [7, 11) is 0. The molecule has 1 aliphatic carbocycles. The molecule has 0 spiro atoms. The molecule has 19 heavy (non-hydrogen) atoms. The van der Waals surface area contributed by atoms with Crippen LogP contribution in [0.4, 0.5) is 0 Å². The quantitative estimate of drug-likeness (QED) is 0.843. The van der Waals surface area contributed by atoms with Crippen LogP contribution in [0, 0.1) is 11.3 Å². The summed E-state index contributed by atoms with van der Waals surface area (Å²) in [6.45, 7) is 4.09. The average Bonchev–Trinajstić information content (AvgIpc) is 3.01. The number of hydrogen-bond donors (Lipinski definition) is 0. The van der Waals surface area contributed by atoms with Gasteiger partial charge in [-0.05, 0) is 31.6 Å². The van der Waals surface area contributed by atoms with Crippen LogP contribution >= 0.6 is 11.3 Å². The largest absolute Gasteiger partial charge is 0.223 e. The zero-order chi connectivity index (χ0) is 13.4.